The Bertz CT molecular complexity index is 947. The zero-order valence-corrected chi connectivity index (χ0v) is 14.9. The van der Waals surface area contributed by atoms with Crippen molar-refractivity contribution < 1.29 is 13.2 Å². The Morgan fingerprint density at radius 3 is 2.33 bits per heavy atom. The number of hydrogen-bond donors (Lipinski definition) is 1. The van der Waals surface area contributed by atoms with E-state index < -0.39 is 9.84 Å². The van der Waals surface area contributed by atoms with Gasteiger partial charge in [0, 0.05) is 7.05 Å². The number of anilines is 1. The maximum Gasteiger partial charge on any atom is 0.216 e. The summed E-state index contributed by atoms with van der Waals surface area (Å²) in [7, 11) is -0.295. The highest BCUT2D eigenvalue weighted by Crippen LogP contribution is 2.34. The number of thiophene rings is 1. The maximum absolute atomic E-state index is 12.9. The maximum atomic E-state index is 12.9. The normalized spacial score (nSPS) is 11.2. The van der Waals surface area contributed by atoms with Crippen molar-refractivity contribution in [2.75, 3.05) is 19.5 Å². The van der Waals surface area contributed by atoms with E-state index in [1.165, 1.54) is 18.4 Å². The van der Waals surface area contributed by atoms with Gasteiger partial charge >= 0.3 is 0 Å². The second kappa shape index (κ2) is 6.67. The summed E-state index contributed by atoms with van der Waals surface area (Å²) in [6, 6.07) is 18.1. The molecule has 2 aromatic carbocycles. The molecule has 0 fully saturated rings. The highest BCUT2D eigenvalue weighted by atomic mass is 32.2. The van der Waals surface area contributed by atoms with E-state index in [2.05, 4.69) is 5.32 Å². The Morgan fingerprint density at radius 2 is 1.71 bits per heavy atom. The number of nitrogens with one attached hydrogen (secondary N) is 1. The number of hydrogen-bond acceptors (Lipinski definition) is 5. The van der Waals surface area contributed by atoms with Crippen molar-refractivity contribution in [3.05, 3.63) is 60.7 Å². The molecule has 124 valence electrons. The first-order valence-electron chi connectivity index (χ1n) is 7.32. The van der Waals surface area contributed by atoms with Crippen LogP contribution in [0, 0.1) is 0 Å². The summed E-state index contributed by atoms with van der Waals surface area (Å²) < 4.78 is 31.5. The quantitative estimate of drug-likeness (QED) is 0.738. The molecule has 0 unspecified atom stereocenters. The second-order valence-corrected chi connectivity index (χ2v) is 8.40. The number of sulfone groups is 1. The van der Waals surface area contributed by atoms with Crippen LogP contribution in [0.2, 0.25) is 0 Å². The second-order valence-electron chi connectivity index (χ2n) is 5.14. The van der Waals surface area contributed by atoms with Crippen molar-refractivity contribution in [1.29, 1.82) is 0 Å². The molecule has 0 bridgehead atoms. The summed E-state index contributed by atoms with van der Waals surface area (Å²) in [6.45, 7) is 0. The summed E-state index contributed by atoms with van der Waals surface area (Å²) in [5.74, 6) is 0.514. The first-order valence-corrected chi connectivity index (χ1v) is 9.62. The molecule has 0 aliphatic carbocycles. The Labute approximate surface area is 145 Å². The predicted molar refractivity (Wildman–Crippen MR) is 97.7 cm³/mol. The van der Waals surface area contributed by atoms with Crippen molar-refractivity contribution in [2.24, 2.45) is 0 Å². The predicted octanol–water partition coefficient (Wildman–Crippen LogP) is 4.30. The van der Waals surface area contributed by atoms with Gasteiger partial charge in [-0.1, -0.05) is 30.3 Å². The third kappa shape index (κ3) is 3.16. The lowest BCUT2D eigenvalue weighted by Gasteiger charge is -2.09. The third-order valence-corrected chi connectivity index (χ3v) is 6.95. The van der Waals surface area contributed by atoms with Gasteiger partial charge < -0.3 is 10.1 Å². The first-order chi connectivity index (χ1) is 11.5. The number of rotatable bonds is 5. The van der Waals surface area contributed by atoms with Crippen molar-refractivity contribution in [1.82, 2.24) is 0 Å². The Kier molecular flexibility index (Phi) is 4.59. The standard InChI is InChI=1S/C18H17NO3S2/c1-19-17-8-9-18(23-17)24(20,21)16-11-14(10-15(12-16)22-2)13-6-4-3-5-7-13/h3-12,19H,1-2H3. The average molecular weight is 359 g/mol. The minimum Gasteiger partial charge on any atom is -0.497 e. The molecule has 0 aliphatic heterocycles. The van der Waals surface area contributed by atoms with Crippen molar-refractivity contribution in [3.8, 4) is 16.9 Å². The molecular formula is C18H17NO3S2. The molecule has 0 radical (unpaired) electrons. The van der Waals surface area contributed by atoms with Gasteiger partial charge in [0.25, 0.3) is 0 Å². The van der Waals surface area contributed by atoms with Gasteiger partial charge in [-0.15, -0.1) is 11.3 Å². The SMILES string of the molecule is CNc1ccc(S(=O)(=O)c2cc(OC)cc(-c3ccccc3)c2)s1. The summed E-state index contributed by atoms with van der Waals surface area (Å²) in [6.07, 6.45) is 0. The van der Waals surface area contributed by atoms with Crippen LogP contribution in [0.5, 0.6) is 5.75 Å². The smallest absolute Gasteiger partial charge is 0.216 e. The van der Waals surface area contributed by atoms with Gasteiger partial charge in [-0.05, 0) is 41.5 Å². The van der Waals surface area contributed by atoms with Gasteiger partial charge in [0.05, 0.1) is 17.0 Å². The largest absolute Gasteiger partial charge is 0.497 e. The van der Waals surface area contributed by atoms with Gasteiger partial charge in [0.15, 0.2) is 0 Å². The lowest BCUT2D eigenvalue weighted by molar-refractivity contribution is 0.413. The van der Waals surface area contributed by atoms with Crippen LogP contribution in [0.3, 0.4) is 0 Å². The molecule has 0 atom stereocenters. The summed E-state index contributed by atoms with van der Waals surface area (Å²) in [4.78, 5) is 0.227. The molecule has 0 amide bonds. The number of ether oxygens (including phenoxy) is 1. The van der Waals surface area contributed by atoms with Crippen LogP contribution in [0.15, 0.2) is 69.8 Å². The molecule has 6 heteroatoms. The Morgan fingerprint density at radius 1 is 0.958 bits per heavy atom. The third-order valence-electron chi connectivity index (χ3n) is 3.63. The van der Waals surface area contributed by atoms with Crippen LogP contribution in [0.1, 0.15) is 0 Å². The van der Waals surface area contributed by atoms with Gasteiger partial charge in [0.2, 0.25) is 9.84 Å². The van der Waals surface area contributed by atoms with E-state index in [4.69, 9.17) is 4.74 Å². The van der Waals surface area contributed by atoms with E-state index in [0.29, 0.717) is 9.96 Å². The summed E-state index contributed by atoms with van der Waals surface area (Å²) in [5, 5.41) is 3.77. The molecule has 3 rings (SSSR count). The van der Waals surface area contributed by atoms with Gasteiger partial charge in [-0.2, -0.15) is 0 Å². The Balaban J connectivity index is 2.13. The number of methoxy groups -OCH3 is 1. The Hall–Kier alpha value is -2.31. The van der Waals surface area contributed by atoms with E-state index >= 15 is 0 Å². The number of benzene rings is 2. The minimum atomic E-state index is -3.59. The molecule has 0 aliphatic rings. The van der Waals surface area contributed by atoms with E-state index in [0.717, 1.165) is 16.1 Å². The molecule has 0 spiro atoms. The van der Waals surface area contributed by atoms with Gasteiger partial charge in [0.1, 0.15) is 9.96 Å². The van der Waals surface area contributed by atoms with E-state index in [9.17, 15) is 8.42 Å². The molecule has 0 saturated carbocycles. The van der Waals surface area contributed by atoms with Gasteiger partial charge in [-0.3, -0.25) is 0 Å². The minimum absolute atomic E-state index is 0.227. The van der Waals surface area contributed by atoms with Crippen LogP contribution >= 0.6 is 11.3 Å². The van der Waals surface area contributed by atoms with Crippen molar-refractivity contribution in [3.63, 3.8) is 0 Å². The summed E-state index contributed by atoms with van der Waals surface area (Å²) in [5.41, 5.74) is 1.74. The highest BCUT2D eigenvalue weighted by molar-refractivity contribution is 7.93. The van der Waals surface area contributed by atoms with Crippen molar-refractivity contribution >= 4 is 26.2 Å². The fraction of sp³-hybridized carbons (Fsp3) is 0.111. The summed E-state index contributed by atoms with van der Waals surface area (Å²) >= 11 is 1.21. The van der Waals surface area contributed by atoms with Crippen LogP contribution in [0.4, 0.5) is 5.00 Å². The van der Waals surface area contributed by atoms with Crippen molar-refractivity contribution in [2.45, 2.75) is 9.10 Å². The molecular weight excluding hydrogens is 342 g/mol. The van der Waals surface area contributed by atoms with E-state index in [1.807, 2.05) is 36.4 Å². The molecule has 1 aromatic heterocycles. The fourth-order valence-corrected chi connectivity index (χ4v) is 4.98. The zero-order chi connectivity index (χ0) is 17.2. The molecule has 1 heterocycles. The van der Waals surface area contributed by atoms with Crippen LogP contribution in [-0.2, 0) is 9.84 Å². The lowest BCUT2D eigenvalue weighted by atomic mass is 10.1. The molecule has 0 saturated heterocycles. The molecule has 24 heavy (non-hydrogen) atoms. The molecule has 3 aromatic rings. The van der Waals surface area contributed by atoms with E-state index in [1.54, 1.807) is 31.3 Å². The van der Waals surface area contributed by atoms with Crippen LogP contribution in [0.25, 0.3) is 11.1 Å². The van der Waals surface area contributed by atoms with Crippen LogP contribution < -0.4 is 10.1 Å². The monoisotopic (exact) mass is 359 g/mol. The highest BCUT2D eigenvalue weighted by Gasteiger charge is 2.21. The first kappa shape index (κ1) is 16.5. The fourth-order valence-electron chi connectivity index (χ4n) is 2.36. The van der Waals surface area contributed by atoms with Gasteiger partial charge in [-0.25, -0.2) is 8.42 Å². The zero-order valence-electron chi connectivity index (χ0n) is 13.3. The van der Waals surface area contributed by atoms with E-state index in [-0.39, 0.29) is 4.90 Å². The van der Waals surface area contributed by atoms with Crippen LogP contribution in [-0.4, -0.2) is 22.6 Å². The molecule has 1 N–H and O–H groups in total. The average Bonchev–Trinajstić information content (AvgIpc) is 3.12. The lowest BCUT2D eigenvalue weighted by Crippen LogP contribution is -2.01. The topological polar surface area (TPSA) is 55.4 Å². The molecule has 4 nitrogen and oxygen atoms in total.